The Kier molecular flexibility index (Phi) is 6.18. The van der Waals surface area contributed by atoms with Gasteiger partial charge in [0.15, 0.2) is 0 Å². The second-order valence-electron chi connectivity index (χ2n) is 9.54. The number of ether oxygens (including phenoxy) is 2. The molecule has 8 nitrogen and oxygen atoms in total. The molecule has 190 valence electrons. The number of amides is 1. The van der Waals surface area contributed by atoms with Gasteiger partial charge in [-0.25, -0.2) is 4.98 Å². The summed E-state index contributed by atoms with van der Waals surface area (Å²) in [5, 5.41) is 7.33. The van der Waals surface area contributed by atoms with E-state index < -0.39 is 0 Å². The minimum atomic E-state index is -0.124. The van der Waals surface area contributed by atoms with Crippen LogP contribution >= 0.6 is 0 Å². The van der Waals surface area contributed by atoms with Crippen molar-refractivity contribution in [3.63, 3.8) is 0 Å². The van der Waals surface area contributed by atoms with Crippen LogP contribution in [0.1, 0.15) is 34.7 Å². The van der Waals surface area contributed by atoms with Gasteiger partial charge < -0.3 is 30.0 Å². The van der Waals surface area contributed by atoms with Gasteiger partial charge in [-0.1, -0.05) is 12.1 Å². The van der Waals surface area contributed by atoms with Gasteiger partial charge in [0.05, 0.1) is 43.0 Å². The number of carbonyl (C=O) groups is 1. The normalized spacial score (nSPS) is 15.6. The van der Waals surface area contributed by atoms with Gasteiger partial charge in [0.25, 0.3) is 5.91 Å². The summed E-state index contributed by atoms with van der Waals surface area (Å²) < 4.78 is 11.3. The molecule has 4 aromatic rings. The zero-order chi connectivity index (χ0) is 25.4. The van der Waals surface area contributed by atoms with E-state index in [2.05, 4.69) is 44.8 Å². The van der Waals surface area contributed by atoms with E-state index in [0.29, 0.717) is 11.5 Å². The number of hydrogen-bond acceptors (Lipinski definition) is 6. The third-order valence-electron chi connectivity index (χ3n) is 7.21. The molecule has 2 aliphatic rings. The summed E-state index contributed by atoms with van der Waals surface area (Å²) in [5.41, 5.74) is 7.38. The van der Waals surface area contributed by atoms with Gasteiger partial charge >= 0.3 is 0 Å². The molecule has 8 heteroatoms. The van der Waals surface area contributed by atoms with Crippen LogP contribution in [-0.2, 0) is 4.74 Å². The molecular weight excluding hydrogens is 466 g/mol. The standard InChI is InChI=1S/C29H31N5O3/c1-30-29(35)21-5-3-4-6-24(21)32-27-22-16-25(33-28(22)31-17-23(27)18-7-8-18)20-10-9-19(15-26(20)36-2)34-11-13-37-14-12-34/h3-6,9-10,15-18H,7-8,11-14H2,1-2H3,(H,30,35)(H2,31,32,33). The third kappa shape index (κ3) is 4.49. The van der Waals surface area contributed by atoms with Crippen LogP contribution in [0.5, 0.6) is 5.75 Å². The fraction of sp³-hybridized carbons (Fsp3) is 0.310. The number of pyridine rings is 1. The average Bonchev–Trinajstić information content (AvgIpc) is 3.70. The van der Waals surface area contributed by atoms with Crippen molar-refractivity contribution in [3.05, 3.63) is 65.9 Å². The highest BCUT2D eigenvalue weighted by Gasteiger charge is 2.29. The molecule has 2 fully saturated rings. The lowest BCUT2D eigenvalue weighted by molar-refractivity contribution is 0.0964. The number of aromatic amines is 1. The minimum Gasteiger partial charge on any atom is -0.496 e. The smallest absolute Gasteiger partial charge is 0.253 e. The van der Waals surface area contributed by atoms with Crippen LogP contribution in [0.3, 0.4) is 0 Å². The van der Waals surface area contributed by atoms with Gasteiger partial charge in [0, 0.05) is 49.0 Å². The van der Waals surface area contributed by atoms with Gasteiger partial charge in [-0.05, 0) is 54.7 Å². The maximum atomic E-state index is 12.5. The van der Waals surface area contributed by atoms with E-state index in [-0.39, 0.29) is 5.91 Å². The van der Waals surface area contributed by atoms with Crippen LogP contribution in [0.15, 0.2) is 54.7 Å². The molecule has 3 N–H and O–H groups in total. The summed E-state index contributed by atoms with van der Waals surface area (Å²) in [7, 11) is 3.35. The molecule has 1 aliphatic heterocycles. The second-order valence-corrected chi connectivity index (χ2v) is 9.54. The van der Waals surface area contributed by atoms with Gasteiger partial charge in [-0.2, -0.15) is 0 Å². The fourth-order valence-corrected chi connectivity index (χ4v) is 5.06. The number of aromatic nitrogens is 2. The Morgan fingerprint density at radius 1 is 1.14 bits per heavy atom. The van der Waals surface area contributed by atoms with Gasteiger partial charge in [-0.3, -0.25) is 4.79 Å². The highest BCUT2D eigenvalue weighted by Crippen LogP contribution is 2.47. The largest absolute Gasteiger partial charge is 0.496 e. The molecule has 0 atom stereocenters. The highest BCUT2D eigenvalue weighted by molar-refractivity contribution is 6.03. The van der Waals surface area contributed by atoms with Gasteiger partial charge in [0.1, 0.15) is 11.4 Å². The molecule has 0 radical (unpaired) electrons. The van der Waals surface area contributed by atoms with Crippen molar-refractivity contribution in [2.45, 2.75) is 18.8 Å². The van der Waals surface area contributed by atoms with Crippen molar-refractivity contribution < 1.29 is 14.3 Å². The van der Waals surface area contributed by atoms with E-state index in [1.54, 1.807) is 14.2 Å². The number of para-hydroxylation sites is 1. The van der Waals surface area contributed by atoms with E-state index in [1.165, 1.54) is 5.56 Å². The molecule has 37 heavy (non-hydrogen) atoms. The Morgan fingerprint density at radius 2 is 1.95 bits per heavy atom. The number of nitrogens with zero attached hydrogens (tertiary/aromatic N) is 2. The molecule has 0 spiro atoms. The first kappa shape index (κ1) is 23.4. The van der Waals surface area contributed by atoms with Crippen LogP contribution in [0.2, 0.25) is 0 Å². The number of fused-ring (bicyclic) bond motifs is 1. The predicted molar refractivity (Wildman–Crippen MR) is 146 cm³/mol. The van der Waals surface area contributed by atoms with E-state index >= 15 is 0 Å². The highest BCUT2D eigenvalue weighted by atomic mass is 16.5. The topological polar surface area (TPSA) is 91.5 Å². The number of anilines is 3. The number of nitrogens with one attached hydrogen (secondary N) is 3. The number of benzene rings is 2. The third-order valence-corrected chi connectivity index (χ3v) is 7.21. The van der Waals surface area contributed by atoms with Crippen molar-refractivity contribution in [2.24, 2.45) is 0 Å². The number of morpholine rings is 1. The molecule has 1 amide bonds. The quantitative estimate of drug-likeness (QED) is 0.331. The lowest BCUT2D eigenvalue weighted by atomic mass is 10.1. The van der Waals surface area contributed by atoms with Crippen molar-refractivity contribution in [2.75, 3.05) is 50.7 Å². The van der Waals surface area contributed by atoms with Crippen molar-refractivity contribution in [1.82, 2.24) is 15.3 Å². The molecule has 0 unspecified atom stereocenters. The number of methoxy groups -OCH3 is 1. The minimum absolute atomic E-state index is 0.124. The molecule has 6 rings (SSSR count). The first-order valence-electron chi connectivity index (χ1n) is 12.8. The summed E-state index contributed by atoms with van der Waals surface area (Å²) in [6, 6.07) is 16.0. The van der Waals surface area contributed by atoms with Crippen LogP contribution in [0.4, 0.5) is 17.1 Å². The first-order valence-corrected chi connectivity index (χ1v) is 12.8. The Balaban J connectivity index is 1.42. The summed E-state index contributed by atoms with van der Waals surface area (Å²) in [6.45, 7) is 3.21. The van der Waals surface area contributed by atoms with Crippen LogP contribution in [0, 0.1) is 0 Å². The number of H-pyrrole nitrogens is 1. The number of hydrogen-bond donors (Lipinski definition) is 3. The first-order chi connectivity index (χ1) is 18.2. The van der Waals surface area contributed by atoms with Crippen LogP contribution in [-0.4, -0.2) is 56.3 Å². The lowest BCUT2D eigenvalue weighted by Gasteiger charge is -2.29. The summed E-state index contributed by atoms with van der Waals surface area (Å²) in [4.78, 5) is 23.1. The molecule has 1 aliphatic carbocycles. The summed E-state index contributed by atoms with van der Waals surface area (Å²) >= 11 is 0. The molecular formula is C29H31N5O3. The van der Waals surface area contributed by atoms with E-state index in [4.69, 9.17) is 14.5 Å². The average molecular weight is 498 g/mol. The van der Waals surface area contributed by atoms with E-state index in [9.17, 15) is 4.79 Å². The summed E-state index contributed by atoms with van der Waals surface area (Å²) in [5.74, 6) is 1.16. The van der Waals surface area contributed by atoms with Crippen LogP contribution < -0.4 is 20.3 Å². The Labute approximate surface area is 216 Å². The Bertz CT molecular complexity index is 1450. The molecule has 0 bridgehead atoms. The predicted octanol–water partition coefficient (Wildman–Crippen LogP) is 5.06. The molecule has 2 aromatic carbocycles. The number of carbonyl (C=O) groups excluding carboxylic acids is 1. The van der Waals surface area contributed by atoms with Crippen molar-refractivity contribution in [1.29, 1.82) is 0 Å². The van der Waals surface area contributed by atoms with E-state index in [1.807, 2.05) is 30.5 Å². The molecule has 2 aromatic heterocycles. The van der Waals surface area contributed by atoms with Crippen molar-refractivity contribution in [3.8, 4) is 17.0 Å². The van der Waals surface area contributed by atoms with Gasteiger partial charge in [0.2, 0.25) is 0 Å². The van der Waals surface area contributed by atoms with E-state index in [0.717, 1.165) is 84.2 Å². The lowest BCUT2D eigenvalue weighted by Crippen LogP contribution is -2.36. The maximum Gasteiger partial charge on any atom is 0.253 e. The molecule has 1 saturated heterocycles. The van der Waals surface area contributed by atoms with Crippen LogP contribution in [0.25, 0.3) is 22.3 Å². The SMILES string of the molecule is CNC(=O)c1ccccc1Nc1c(C2CC2)cnc2[nH]c(-c3ccc(N4CCOCC4)cc3OC)cc12. The zero-order valence-corrected chi connectivity index (χ0v) is 21.1. The maximum absolute atomic E-state index is 12.5. The molecule has 1 saturated carbocycles. The van der Waals surface area contributed by atoms with Crippen molar-refractivity contribution >= 4 is 34.0 Å². The Morgan fingerprint density at radius 3 is 2.70 bits per heavy atom. The second kappa shape index (κ2) is 9.78. The Hall–Kier alpha value is -4.04. The monoisotopic (exact) mass is 497 g/mol. The van der Waals surface area contributed by atoms with Gasteiger partial charge in [-0.15, -0.1) is 0 Å². The zero-order valence-electron chi connectivity index (χ0n) is 21.1. The fourth-order valence-electron chi connectivity index (χ4n) is 5.06. The summed E-state index contributed by atoms with van der Waals surface area (Å²) in [6.07, 6.45) is 4.25. The molecule has 3 heterocycles. The number of rotatable bonds is 7.